The number of hydrogen-bond donors (Lipinski definition) is 1. The molecular formula is C12H15BrN4O2. The lowest BCUT2D eigenvalue weighted by molar-refractivity contribution is 0.392. The summed E-state index contributed by atoms with van der Waals surface area (Å²) in [5, 5.41) is 11.2. The Balaban J connectivity index is 2.32. The average Bonchev–Trinajstić information content (AvgIpc) is 2.70. The van der Waals surface area contributed by atoms with Crippen molar-refractivity contribution < 1.29 is 4.52 Å². The third-order valence-electron chi connectivity index (χ3n) is 2.97. The van der Waals surface area contributed by atoms with E-state index < -0.39 is 0 Å². The minimum Gasteiger partial charge on any atom is -0.376 e. The first-order chi connectivity index (χ1) is 8.91. The predicted octanol–water partition coefficient (Wildman–Crippen LogP) is 2.32. The van der Waals surface area contributed by atoms with Crippen LogP contribution in [0.5, 0.6) is 0 Å². The van der Waals surface area contributed by atoms with Crippen LogP contribution < -0.4 is 10.9 Å². The van der Waals surface area contributed by atoms with Gasteiger partial charge < -0.3 is 9.84 Å². The maximum atomic E-state index is 11.8. The van der Waals surface area contributed by atoms with Gasteiger partial charge in [-0.25, -0.2) is 4.68 Å². The summed E-state index contributed by atoms with van der Waals surface area (Å²) >= 11 is 3.28. The molecule has 0 aliphatic carbocycles. The number of halogens is 1. The second-order valence-corrected chi connectivity index (χ2v) is 5.20. The van der Waals surface area contributed by atoms with Gasteiger partial charge in [-0.2, -0.15) is 5.10 Å². The van der Waals surface area contributed by atoms with Gasteiger partial charge in [0, 0.05) is 12.6 Å². The predicted molar refractivity (Wildman–Crippen MR) is 75.2 cm³/mol. The summed E-state index contributed by atoms with van der Waals surface area (Å²) in [6, 6.07) is -0.0311. The van der Waals surface area contributed by atoms with Crippen LogP contribution in [0.1, 0.15) is 30.0 Å². The Kier molecular flexibility index (Phi) is 3.75. The van der Waals surface area contributed by atoms with Crippen LogP contribution in [-0.4, -0.2) is 14.9 Å². The second-order valence-electron chi connectivity index (χ2n) is 4.40. The van der Waals surface area contributed by atoms with Crippen LogP contribution in [0.25, 0.3) is 0 Å². The van der Waals surface area contributed by atoms with E-state index in [-0.39, 0.29) is 11.6 Å². The first kappa shape index (κ1) is 13.8. The Morgan fingerprint density at radius 3 is 2.74 bits per heavy atom. The maximum Gasteiger partial charge on any atom is 0.282 e. The first-order valence-corrected chi connectivity index (χ1v) is 6.62. The molecule has 7 heteroatoms. The summed E-state index contributed by atoms with van der Waals surface area (Å²) in [6.45, 7) is 5.74. The number of hydrogen-bond acceptors (Lipinski definition) is 5. The summed E-state index contributed by atoms with van der Waals surface area (Å²) in [4.78, 5) is 11.8. The normalized spacial score (nSPS) is 12.5. The molecule has 0 saturated heterocycles. The summed E-state index contributed by atoms with van der Waals surface area (Å²) in [5.74, 6) is 0.769. The van der Waals surface area contributed by atoms with E-state index in [1.54, 1.807) is 13.2 Å². The monoisotopic (exact) mass is 326 g/mol. The fraction of sp³-hybridized carbons (Fsp3) is 0.417. The van der Waals surface area contributed by atoms with Gasteiger partial charge >= 0.3 is 0 Å². The lowest BCUT2D eigenvalue weighted by Crippen LogP contribution is -2.22. The van der Waals surface area contributed by atoms with Crippen LogP contribution in [0.15, 0.2) is 20.0 Å². The van der Waals surface area contributed by atoms with Crippen molar-refractivity contribution in [3.8, 4) is 0 Å². The average molecular weight is 327 g/mol. The molecule has 1 unspecified atom stereocenters. The number of nitrogens with zero attached hydrogens (tertiary/aromatic N) is 3. The number of rotatable bonds is 3. The van der Waals surface area contributed by atoms with Gasteiger partial charge in [0.25, 0.3) is 5.56 Å². The zero-order chi connectivity index (χ0) is 14.2. The van der Waals surface area contributed by atoms with Gasteiger partial charge in [0.05, 0.1) is 23.6 Å². The SMILES string of the molecule is Cc1noc(C)c1C(C)Nc1cnn(C)c(=O)c1Br. The fourth-order valence-corrected chi connectivity index (χ4v) is 2.50. The second kappa shape index (κ2) is 5.16. The van der Waals surface area contributed by atoms with E-state index >= 15 is 0 Å². The van der Waals surface area contributed by atoms with E-state index in [1.165, 1.54) is 4.68 Å². The minimum atomic E-state index is -0.184. The van der Waals surface area contributed by atoms with Gasteiger partial charge in [-0.05, 0) is 36.7 Å². The Hall–Kier alpha value is -1.63. The van der Waals surface area contributed by atoms with E-state index in [0.717, 1.165) is 17.0 Å². The summed E-state index contributed by atoms with van der Waals surface area (Å²) in [7, 11) is 1.61. The highest BCUT2D eigenvalue weighted by Crippen LogP contribution is 2.26. The van der Waals surface area contributed by atoms with Crippen molar-refractivity contribution >= 4 is 21.6 Å². The van der Waals surface area contributed by atoms with Crippen LogP contribution >= 0.6 is 15.9 Å². The highest BCUT2D eigenvalue weighted by Gasteiger charge is 2.18. The summed E-state index contributed by atoms with van der Waals surface area (Å²) < 4.78 is 6.88. The van der Waals surface area contributed by atoms with Crippen molar-refractivity contribution in [1.29, 1.82) is 0 Å². The third-order valence-corrected chi connectivity index (χ3v) is 3.74. The number of nitrogens with one attached hydrogen (secondary N) is 1. The molecule has 19 heavy (non-hydrogen) atoms. The first-order valence-electron chi connectivity index (χ1n) is 5.83. The highest BCUT2D eigenvalue weighted by atomic mass is 79.9. The van der Waals surface area contributed by atoms with E-state index in [0.29, 0.717) is 10.2 Å². The van der Waals surface area contributed by atoms with Gasteiger partial charge in [-0.3, -0.25) is 4.79 Å². The molecule has 2 rings (SSSR count). The molecule has 0 radical (unpaired) electrons. The molecule has 2 aromatic rings. The van der Waals surface area contributed by atoms with Gasteiger partial charge in [-0.1, -0.05) is 5.16 Å². The maximum absolute atomic E-state index is 11.8. The van der Waals surface area contributed by atoms with Crippen LogP contribution in [0.3, 0.4) is 0 Å². The molecule has 0 spiro atoms. The van der Waals surface area contributed by atoms with E-state index in [9.17, 15) is 4.79 Å². The highest BCUT2D eigenvalue weighted by molar-refractivity contribution is 9.10. The zero-order valence-corrected chi connectivity index (χ0v) is 12.8. The van der Waals surface area contributed by atoms with E-state index in [1.807, 2.05) is 20.8 Å². The topological polar surface area (TPSA) is 73.0 Å². The number of anilines is 1. The van der Waals surface area contributed by atoms with Crippen LogP contribution in [0.2, 0.25) is 0 Å². The lowest BCUT2D eigenvalue weighted by atomic mass is 10.1. The molecule has 0 fully saturated rings. The minimum absolute atomic E-state index is 0.0311. The van der Waals surface area contributed by atoms with Crippen LogP contribution in [-0.2, 0) is 7.05 Å². The van der Waals surface area contributed by atoms with Crippen molar-refractivity contribution in [2.45, 2.75) is 26.8 Å². The molecule has 0 aliphatic rings. The molecule has 0 aromatic carbocycles. The van der Waals surface area contributed by atoms with Crippen molar-refractivity contribution in [2.24, 2.45) is 7.05 Å². The number of aromatic nitrogens is 3. The van der Waals surface area contributed by atoms with Crippen LogP contribution in [0, 0.1) is 13.8 Å². The largest absolute Gasteiger partial charge is 0.376 e. The molecule has 0 saturated carbocycles. The molecule has 6 nitrogen and oxygen atoms in total. The zero-order valence-electron chi connectivity index (χ0n) is 11.2. The van der Waals surface area contributed by atoms with Gasteiger partial charge in [0.2, 0.25) is 0 Å². The smallest absolute Gasteiger partial charge is 0.282 e. The third kappa shape index (κ3) is 2.56. The van der Waals surface area contributed by atoms with Crippen molar-refractivity contribution in [3.05, 3.63) is 38.0 Å². The molecule has 0 amide bonds. The quantitative estimate of drug-likeness (QED) is 0.937. The van der Waals surface area contributed by atoms with Gasteiger partial charge in [-0.15, -0.1) is 0 Å². The van der Waals surface area contributed by atoms with E-state index in [2.05, 4.69) is 31.5 Å². The fourth-order valence-electron chi connectivity index (χ4n) is 2.03. The summed E-state index contributed by atoms with van der Waals surface area (Å²) in [6.07, 6.45) is 1.61. The van der Waals surface area contributed by atoms with Gasteiger partial charge in [0.1, 0.15) is 10.2 Å². The van der Waals surface area contributed by atoms with Gasteiger partial charge in [0.15, 0.2) is 0 Å². The lowest BCUT2D eigenvalue weighted by Gasteiger charge is -2.16. The van der Waals surface area contributed by atoms with Crippen LogP contribution in [0.4, 0.5) is 5.69 Å². The Bertz CT molecular complexity index is 643. The Morgan fingerprint density at radius 2 is 2.16 bits per heavy atom. The molecular weight excluding hydrogens is 312 g/mol. The number of aryl methyl sites for hydroxylation is 3. The summed E-state index contributed by atoms with van der Waals surface area (Å²) in [5.41, 5.74) is 2.30. The Labute approximate surface area is 118 Å². The van der Waals surface area contributed by atoms with Crippen molar-refractivity contribution in [3.63, 3.8) is 0 Å². The molecule has 2 aromatic heterocycles. The standard InChI is InChI=1S/C12H15BrN4O2/c1-6(10-7(2)16-19-8(10)3)15-9-5-14-17(4)12(18)11(9)13/h5-6,15H,1-4H3. The van der Waals surface area contributed by atoms with E-state index in [4.69, 9.17) is 4.52 Å². The van der Waals surface area contributed by atoms with Crippen molar-refractivity contribution in [2.75, 3.05) is 5.32 Å². The molecule has 102 valence electrons. The molecule has 0 bridgehead atoms. The molecule has 0 aliphatic heterocycles. The molecule has 2 heterocycles. The van der Waals surface area contributed by atoms with Crippen molar-refractivity contribution in [1.82, 2.24) is 14.9 Å². The Morgan fingerprint density at radius 1 is 1.47 bits per heavy atom. The molecule has 1 atom stereocenters. The molecule has 1 N–H and O–H groups in total.